The molecule has 2 amide bonds. The fourth-order valence-electron chi connectivity index (χ4n) is 2.28. The van der Waals surface area contributed by atoms with Crippen LogP contribution in [0, 0.1) is 0 Å². The molecule has 0 aromatic heterocycles. The Morgan fingerprint density at radius 3 is 2.14 bits per heavy atom. The summed E-state index contributed by atoms with van der Waals surface area (Å²) in [5, 5.41) is 0.449. The summed E-state index contributed by atoms with van der Waals surface area (Å²) >= 11 is 6.04. The number of ketones is 1. The highest BCUT2D eigenvalue weighted by Crippen LogP contribution is 2.24. The van der Waals surface area contributed by atoms with Gasteiger partial charge in [0.1, 0.15) is 0 Å². The highest BCUT2D eigenvalue weighted by Gasteiger charge is 2.37. The predicted octanol–water partition coefficient (Wildman–Crippen LogP) is 2.71. The highest BCUT2D eigenvalue weighted by molar-refractivity contribution is 6.49. The van der Waals surface area contributed by atoms with Crippen LogP contribution >= 0.6 is 11.6 Å². The number of halogens is 1. The molecule has 21 heavy (non-hydrogen) atoms. The lowest BCUT2D eigenvalue weighted by Gasteiger charge is -2.25. The largest absolute Gasteiger partial charge is 0.302 e. The molecule has 0 unspecified atom stereocenters. The van der Waals surface area contributed by atoms with Gasteiger partial charge in [-0.15, -0.1) is 0 Å². The van der Waals surface area contributed by atoms with Gasteiger partial charge < -0.3 is 0 Å². The first kappa shape index (κ1) is 13.5. The molecule has 3 rings (SSSR count). The minimum Gasteiger partial charge on any atom is -0.283 e. The van der Waals surface area contributed by atoms with Crippen LogP contribution in [0.5, 0.6) is 0 Å². The number of hydrogen-bond acceptors (Lipinski definition) is 3. The molecule has 0 radical (unpaired) electrons. The van der Waals surface area contributed by atoms with Gasteiger partial charge in [-0.1, -0.05) is 48.0 Å². The second kappa shape index (κ2) is 5.14. The maximum atomic E-state index is 12.4. The lowest BCUT2D eigenvalue weighted by molar-refractivity contribution is -0.124. The van der Waals surface area contributed by atoms with Gasteiger partial charge in [-0.25, -0.2) is 0 Å². The molecule has 0 atom stereocenters. The third kappa shape index (κ3) is 2.23. The molecule has 0 aliphatic carbocycles. The second-order valence-corrected chi connectivity index (χ2v) is 5.07. The van der Waals surface area contributed by atoms with Crippen molar-refractivity contribution in [3.63, 3.8) is 0 Å². The summed E-state index contributed by atoms with van der Waals surface area (Å²) in [5.74, 6) is -1.97. The van der Waals surface area contributed by atoms with E-state index in [9.17, 15) is 14.4 Å². The first-order valence-electron chi connectivity index (χ1n) is 6.32. The van der Waals surface area contributed by atoms with E-state index in [0.29, 0.717) is 10.6 Å². The van der Waals surface area contributed by atoms with E-state index in [1.807, 2.05) is 0 Å². The first-order valence-corrected chi connectivity index (χ1v) is 6.70. The minimum absolute atomic E-state index is 0.0165. The van der Waals surface area contributed by atoms with E-state index in [1.54, 1.807) is 42.5 Å². The van der Waals surface area contributed by atoms with Crippen LogP contribution in [0.25, 0.3) is 0 Å². The van der Waals surface area contributed by atoms with E-state index >= 15 is 0 Å². The molecule has 0 fully saturated rings. The number of carbonyl (C=O) groups excluding carboxylic acids is 3. The zero-order chi connectivity index (χ0) is 15.0. The van der Waals surface area contributed by atoms with E-state index in [0.717, 1.165) is 4.90 Å². The van der Waals surface area contributed by atoms with Crippen molar-refractivity contribution in [1.82, 2.24) is 4.90 Å². The average molecular weight is 300 g/mol. The Hall–Kier alpha value is -2.46. The summed E-state index contributed by atoms with van der Waals surface area (Å²) in [4.78, 5) is 37.5. The molecule has 0 N–H and O–H groups in total. The Morgan fingerprint density at radius 1 is 0.810 bits per heavy atom. The van der Waals surface area contributed by atoms with Gasteiger partial charge in [0.05, 0.1) is 12.1 Å². The zero-order valence-electron chi connectivity index (χ0n) is 10.9. The summed E-state index contributed by atoms with van der Waals surface area (Å²) < 4.78 is 0. The number of rotatable bonds is 2. The van der Waals surface area contributed by atoms with E-state index in [1.165, 1.54) is 6.07 Å². The molecule has 0 saturated heterocycles. The number of Topliss-reactive ketones (excluding diaryl/α,β-unsaturated/α-hetero) is 1. The van der Waals surface area contributed by atoms with Gasteiger partial charge >= 0.3 is 5.91 Å². The third-order valence-corrected chi connectivity index (χ3v) is 3.74. The maximum Gasteiger partial charge on any atom is 0.302 e. The Bertz CT molecular complexity index is 770. The molecule has 0 bridgehead atoms. The van der Waals surface area contributed by atoms with Crippen LogP contribution in [0.2, 0.25) is 5.02 Å². The quantitative estimate of drug-likeness (QED) is 0.633. The van der Waals surface area contributed by atoms with Crippen molar-refractivity contribution in [3.05, 3.63) is 70.2 Å². The summed E-state index contributed by atoms with van der Waals surface area (Å²) in [6.45, 7) is -0.0165. The summed E-state index contributed by atoms with van der Waals surface area (Å²) in [6.07, 6.45) is 0. The Labute approximate surface area is 125 Å². The van der Waals surface area contributed by atoms with Crippen LogP contribution in [-0.4, -0.2) is 22.5 Å². The molecule has 1 heterocycles. The van der Waals surface area contributed by atoms with Gasteiger partial charge in [0.25, 0.3) is 11.7 Å². The van der Waals surface area contributed by atoms with Gasteiger partial charge in [0, 0.05) is 10.6 Å². The molecule has 1 aliphatic rings. The van der Waals surface area contributed by atoms with Crippen LogP contribution < -0.4 is 0 Å². The molecule has 0 spiro atoms. The van der Waals surface area contributed by atoms with Crippen LogP contribution in [0.4, 0.5) is 0 Å². The molecule has 104 valence electrons. The van der Waals surface area contributed by atoms with Crippen LogP contribution in [-0.2, 0) is 11.3 Å². The SMILES string of the molecule is O=C1C(=O)N(Cc2ccccc2Cl)C(=O)c2ccccc21. The zero-order valence-corrected chi connectivity index (χ0v) is 11.6. The standard InChI is InChI=1S/C16H10ClNO3/c17-13-8-4-1-5-10(13)9-18-15(20)12-7-3-2-6-11(12)14(19)16(18)21/h1-8H,9H2. The monoisotopic (exact) mass is 299 g/mol. The second-order valence-electron chi connectivity index (χ2n) is 4.66. The number of amides is 2. The van der Waals surface area contributed by atoms with Crippen molar-refractivity contribution in [2.75, 3.05) is 0 Å². The summed E-state index contributed by atoms with van der Waals surface area (Å²) in [6, 6.07) is 13.2. The smallest absolute Gasteiger partial charge is 0.283 e. The molecule has 1 aliphatic heterocycles. The number of fused-ring (bicyclic) bond motifs is 1. The van der Waals surface area contributed by atoms with Crippen molar-refractivity contribution in [3.8, 4) is 0 Å². The fraction of sp³-hybridized carbons (Fsp3) is 0.0625. The lowest BCUT2D eigenvalue weighted by atomic mass is 9.97. The number of hydrogen-bond donors (Lipinski definition) is 0. The molecule has 2 aromatic rings. The Morgan fingerprint density at radius 2 is 1.43 bits per heavy atom. The van der Waals surface area contributed by atoms with Gasteiger partial charge in [0.2, 0.25) is 0 Å². The molecule has 5 heteroatoms. The average Bonchev–Trinajstić information content (AvgIpc) is 2.51. The molecule has 4 nitrogen and oxygen atoms in total. The Kier molecular flexibility index (Phi) is 3.31. The van der Waals surface area contributed by atoms with Crippen molar-refractivity contribution < 1.29 is 14.4 Å². The highest BCUT2D eigenvalue weighted by atomic mass is 35.5. The van der Waals surface area contributed by atoms with Crippen LogP contribution in [0.15, 0.2) is 48.5 Å². The van der Waals surface area contributed by atoms with Crippen molar-refractivity contribution in [2.45, 2.75) is 6.54 Å². The van der Waals surface area contributed by atoms with Gasteiger partial charge in [-0.3, -0.25) is 19.3 Å². The molecule has 2 aromatic carbocycles. The Balaban J connectivity index is 2.01. The van der Waals surface area contributed by atoms with Crippen molar-refractivity contribution in [1.29, 1.82) is 0 Å². The van der Waals surface area contributed by atoms with Gasteiger partial charge in [-0.2, -0.15) is 0 Å². The normalized spacial score (nSPS) is 14.3. The van der Waals surface area contributed by atoms with Crippen LogP contribution in [0.1, 0.15) is 26.3 Å². The van der Waals surface area contributed by atoms with Gasteiger partial charge in [0.15, 0.2) is 0 Å². The van der Waals surface area contributed by atoms with E-state index in [4.69, 9.17) is 11.6 Å². The van der Waals surface area contributed by atoms with E-state index in [-0.39, 0.29) is 17.7 Å². The first-order chi connectivity index (χ1) is 10.1. The molecule has 0 saturated carbocycles. The predicted molar refractivity (Wildman–Crippen MR) is 77.1 cm³/mol. The topological polar surface area (TPSA) is 54.5 Å². The third-order valence-electron chi connectivity index (χ3n) is 3.37. The minimum atomic E-state index is -0.821. The number of nitrogens with zero attached hydrogens (tertiary/aromatic N) is 1. The van der Waals surface area contributed by atoms with E-state index < -0.39 is 17.6 Å². The lowest BCUT2D eigenvalue weighted by Crippen LogP contribution is -2.45. The maximum absolute atomic E-state index is 12.4. The van der Waals surface area contributed by atoms with Crippen molar-refractivity contribution in [2.24, 2.45) is 0 Å². The van der Waals surface area contributed by atoms with Crippen LogP contribution in [0.3, 0.4) is 0 Å². The summed E-state index contributed by atoms with van der Waals surface area (Å²) in [7, 11) is 0. The summed E-state index contributed by atoms with van der Waals surface area (Å²) in [5.41, 5.74) is 1.02. The molecular formula is C16H10ClNO3. The van der Waals surface area contributed by atoms with Crippen molar-refractivity contribution >= 4 is 29.2 Å². The number of carbonyl (C=O) groups is 3. The van der Waals surface area contributed by atoms with Gasteiger partial charge in [-0.05, 0) is 17.7 Å². The molecular weight excluding hydrogens is 290 g/mol. The fourth-order valence-corrected chi connectivity index (χ4v) is 2.48. The number of benzene rings is 2. The number of imide groups is 1. The van der Waals surface area contributed by atoms with E-state index in [2.05, 4.69) is 0 Å².